The molecule has 0 fully saturated rings. The van der Waals surface area contributed by atoms with Gasteiger partial charge in [-0.25, -0.2) is 8.42 Å². The molecule has 1 aromatic heterocycles. The minimum absolute atomic E-state index is 0.294. The molecule has 2 N–H and O–H groups in total. The largest absolute Gasteiger partial charge is 0.329 e. The van der Waals surface area contributed by atoms with Gasteiger partial charge < -0.3 is 5.73 Å². The average molecular weight is 459 g/mol. The molecule has 0 amide bonds. The third-order valence-electron chi connectivity index (χ3n) is 5.05. The highest BCUT2D eigenvalue weighted by Gasteiger charge is 2.23. The molecule has 31 heavy (non-hydrogen) atoms. The van der Waals surface area contributed by atoms with Crippen molar-refractivity contribution < 1.29 is 8.42 Å². The Bertz CT molecular complexity index is 1130. The van der Waals surface area contributed by atoms with E-state index in [0.29, 0.717) is 48.0 Å². The summed E-state index contributed by atoms with van der Waals surface area (Å²) in [6.07, 6.45) is 7.34. The molecule has 0 aliphatic carbocycles. The van der Waals surface area contributed by atoms with Crippen LogP contribution in [-0.2, 0) is 10.0 Å². The molecular formula is C23H27ClN4O2S. The highest BCUT2D eigenvalue weighted by atomic mass is 35.5. The summed E-state index contributed by atoms with van der Waals surface area (Å²) >= 11 is 5.92. The number of likely N-dealkylation sites (N-methyl/N-ethyl adjacent to an activating group) is 1. The fourth-order valence-corrected chi connectivity index (χ4v) is 4.77. The van der Waals surface area contributed by atoms with Gasteiger partial charge in [0.1, 0.15) is 0 Å². The molecule has 6 nitrogen and oxygen atoms in total. The molecule has 0 aliphatic heterocycles. The smallest absolute Gasteiger partial charge is 0.243 e. The lowest BCUT2D eigenvalue weighted by atomic mass is 10.2. The molecule has 8 heteroatoms. The van der Waals surface area contributed by atoms with Crippen molar-refractivity contribution >= 4 is 38.5 Å². The second-order valence-electron chi connectivity index (χ2n) is 7.22. The molecule has 164 valence electrons. The molecule has 3 rings (SSSR count). The van der Waals surface area contributed by atoms with Crippen LogP contribution in [0, 0.1) is 0 Å². The maximum atomic E-state index is 13.2. The molecule has 0 radical (unpaired) electrons. The Morgan fingerprint density at radius 3 is 2.58 bits per heavy atom. The maximum absolute atomic E-state index is 13.2. The van der Waals surface area contributed by atoms with Crippen LogP contribution in [-0.4, -0.2) is 62.4 Å². The van der Waals surface area contributed by atoms with E-state index in [2.05, 4.69) is 9.88 Å². The number of rotatable bonds is 10. The van der Waals surface area contributed by atoms with Crippen LogP contribution in [0.5, 0.6) is 0 Å². The summed E-state index contributed by atoms with van der Waals surface area (Å²) in [6.45, 7) is 2.79. The van der Waals surface area contributed by atoms with Gasteiger partial charge in [-0.3, -0.25) is 9.88 Å². The van der Waals surface area contributed by atoms with Crippen molar-refractivity contribution in [2.45, 2.75) is 4.90 Å². The van der Waals surface area contributed by atoms with E-state index in [4.69, 9.17) is 17.3 Å². The molecule has 0 aliphatic rings. The van der Waals surface area contributed by atoms with Gasteiger partial charge in [-0.05, 0) is 29.8 Å². The van der Waals surface area contributed by atoms with Crippen molar-refractivity contribution in [3.05, 3.63) is 77.6 Å². The standard InChI is InChI=1S/C23H27ClN4O2S/c1-27(31(29,30)23-6-2-5-20-18-26-13-11-22(20)23)16-17-28(15-12-25)14-3-4-19-7-9-21(24)10-8-19/h2-11,13,18H,12,14-17,25H2,1H3. The van der Waals surface area contributed by atoms with Gasteiger partial charge in [0.05, 0.1) is 4.90 Å². The lowest BCUT2D eigenvalue weighted by Gasteiger charge is -2.24. The van der Waals surface area contributed by atoms with E-state index in [0.717, 1.165) is 10.9 Å². The Morgan fingerprint density at radius 2 is 1.84 bits per heavy atom. The minimum atomic E-state index is -3.63. The summed E-state index contributed by atoms with van der Waals surface area (Å²) in [5, 5.41) is 2.18. The van der Waals surface area contributed by atoms with Crippen molar-refractivity contribution in [2.24, 2.45) is 5.73 Å². The zero-order chi connectivity index (χ0) is 22.3. The van der Waals surface area contributed by atoms with Crippen LogP contribution in [0.3, 0.4) is 0 Å². The van der Waals surface area contributed by atoms with Gasteiger partial charge in [0.2, 0.25) is 10.0 Å². The summed E-state index contributed by atoms with van der Waals surface area (Å²) in [6, 6.07) is 14.6. The summed E-state index contributed by atoms with van der Waals surface area (Å²) < 4.78 is 27.8. The predicted molar refractivity (Wildman–Crippen MR) is 128 cm³/mol. The van der Waals surface area contributed by atoms with Crippen LogP contribution in [0.25, 0.3) is 16.8 Å². The van der Waals surface area contributed by atoms with E-state index < -0.39 is 10.0 Å². The van der Waals surface area contributed by atoms with Gasteiger partial charge >= 0.3 is 0 Å². The molecule has 0 saturated carbocycles. The Morgan fingerprint density at radius 1 is 1.06 bits per heavy atom. The number of hydrogen-bond donors (Lipinski definition) is 1. The zero-order valence-corrected chi connectivity index (χ0v) is 19.1. The molecule has 1 heterocycles. The summed E-state index contributed by atoms with van der Waals surface area (Å²) in [7, 11) is -2.02. The van der Waals surface area contributed by atoms with Gasteiger partial charge in [0.15, 0.2) is 0 Å². The Balaban J connectivity index is 1.66. The van der Waals surface area contributed by atoms with Crippen molar-refractivity contribution in [2.75, 3.05) is 39.8 Å². The number of fused-ring (bicyclic) bond motifs is 1. The number of benzene rings is 2. The molecule has 0 saturated heterocycles. The van der Waals surface area contributed by atoms with Crippen LogP contribution >= 0.6 is 11.6 Å². The number of hydrogen-bond acceptors (Lipinski definition) is 5. The first-order chi connectivity index (χ1) is 14.9. The molecule has 3 aromatic rings. The van der Waals surface area contributed by atoms with Gasteiger partial charge in [0, 0.05) is 68.0 Å². The Kier molecular flexibility index (Phi) is 8.17. The Labute approximate surface area is 189 Å². The van der Waals surface area contributed by atoms with Crippen molar-refractivity contribution in [1.82, 2.24) is 14.2 Å². The number of nitrogens with zero attached hydrogens (tertiary/aromatic N) is 3. The highest BCUT2D eigenvalue weighted by molar-refractivity contribution is 7.89. The van der Waals surface area contributed by atoms with E-state index >= 15 is 0 Å². The number of nitrogens with two attached hydrogens (primary N) is 1. The molecular weight excluding hydrogens is 432 g/mol. The molecule has 2 aromatic carbocycles. The first kappa shape index (κ1) is 23.4. The predicted octanol–water partition coefficient (Wildman–Crippen LogP) is 3.48. The van der Waals surface area contributed by atoms with Gasteiger partial charge in [-0.2, -0.15) is 4.31 Å². The van der Waals surface area contributed by atoms with E-state index in [1.165, 1.54) is 4.31 Å². The van der Waals surface area contributed by atoms with E-state index in [9.17, 15) is 8.42 Å². The normalized spacial score (nSPS) is 12.4. The topological polar surface area (TPSA) is 79.5 Å². The quantitative estimate of drug-likeness (QED) is 0.503. The third kappa shape index (κ3) is 6.12. The second-order valence-corrected chi connectivity index (χ2v) is 9.67. The SMILES string of the molecule is CN(CCN(CC=Cc1ccc(Cl)cc1)CCN)S(=O)(=O)c1cccc2cnccc12. The lowest BCUT2D eigenvalue weighted by Crippen LogP contribution is -2.38. The monoisotopic (exact) mass is 458 g/mol. The summed E-state index contributed by atoms with van der Waals surface area (Å²) in [4.78, 5) is 6.50. The molecule has 0 spiro atoms. The third-order valence-corrected chi connectivity index (χ3v) is 7.22. The Hall–Kier alpha value is -2.29. The van der Waals surface area contributed by atoms with Crippen LogP contribution in [0.15, 0.2) is 71.9 Å². The number of pyridine rings is 1. The number of sulfonamides is 1. The molecule has 0 atom stereocenters. The highest BCUT2D eigenvalue weighted by Crippen LogP contribution is 2.24. The fraction of sp³-hybridized carbons (Fsp3) is 0.261. The first-order valence-electron chi connectivity index (χ1n) is 10.1. The van der Waals surface area contributed by atoms with Gasteiger partial charge in [-0.1, -0.05) is 48.0 Å². The second kappa shape index (κ2) is 10.8. The molecule has 0 unspecified atom stereocenters. The van der Waals surface area contributed by atoms with Crippen LogP contribution in [0.4, 0.5) is 0 Å². The van der Waals surface area contributed by atoms with Crippen LogP contribution in [0.2, 0.25) is 5.02 Å². The number of aromatic nitrogens is 1. The minimum Gasteiger partial charge on any atom is -0.329 e. The first-order valence-corrected chi connectivity index (χ1v) is 11.9. The van der Waals surface area contributed by atoms with Crippen molar-refractivity contribution in [1.29, 1.82) is 0 Å². The fourth-order valence-electron chi connectivity index (χ4n) is 3.28. The van der Waals surface area contributed by atoms with Crippen molar-refractivity contribution in [3.8, 4) is 0 Å². The van der Waals surface area contributed by atoms with Gasteiger partial charge in [-0.15, -0.1) is 0 Å². The van der Waals surface area contributed by atoms with Crippen LogP contribution < -0.4 is 5.73 Å². The zero-order valence-electron chi connectivity index (χ0n) is 17.5. The maximum Gasteiger partial charge on any atom is 0.243 e. The van der Waals surface area contributed by atoms with Crippen LogP contribution in [0.1, 0.15) is 5.56 Å². The number of halogens is 1. The van der Waals surface area contributed by atoms with E-state index in [1.807, 2.05) is 42.5 Å². The summed E-state index contributed by atoms with van der Waals surface area (Å²) in [5.74, 6) is 0. The molecule has 0 bridgehead atoms. The van der Waals surface area contributed by atoms with Crippen molar-refractivity contribution in [3.63, 3.8) is 0 Å². The van der Waals surface area contributed by atoms with E-state index in [1.54, 1.807) is 37.6 Å². The van der Waals surface area contributed by atoms with E-state index in [-0.39, 0.29) is 0 Å². The summed E-state index contributed by atoms with van der Waals surface area (Å²) in [5.41, 5.74) is 6.81. The lowest BCUT2D eigenvalue weighted by molar-refractivity contribution is 0.288. The van der Waals surface area contributed by atoms with Gasteiger partial charge in [0.25, 0.3) is 0 Å². The average Bonchev–Trinajstić information content (AvgIpc) is 2.78.